The van der Waals surface area contributed by atoms with Gasteiger partial charge in [-0.2, -0.15) is 0 Å². The zero-order chi connectivity index (χ0) is 33.2. The second kappa shape index (κ2) is 11.7. The lowest BCUT2D eigenvalue weighted by atomic mass is 9.47. The Morgan fingerprint density at radius 2 is 1.67 bits per heavy atom. The summed E-state index contributed by atoms with van der Waals surface area (Å²) in [5, 5.41) is 26.9. The molecule has 1 saturated heterocycles. The van der Waals surface area contributed by atoms with Crippen LogP contribution in [-0.4, -0.2) is 93.9 Å². The molecule has 1 aliphatic heterocycles. The van der Waals surface area contributed by atoms with Crippen LogP contribution in [0, 0.1) is 29.6 Å². The molecule has 244 valence electrons. The maximum absolute atomic E-state index is 14.3. The summed E-state index contributed by atoms with van der Waals surface area (Å²) in [6.45, 7) is 6.17. The number of nitrogens with two attached hydrogens (primary N) is 1. The van der Waals surface area contributed by atoms with Crippen LogP contribution >= 0.6 is 0 Å². The summed E-state index contributed by atoms with van der Waals surface area (Å²) in [6, 6.07) is 12.7. The van der Waals surface area contributed by atoms with Crippen molar-refractivity contribution in [3.05, 3.63) is 59.2 Å². The molecule has 0 spiro atoms. The average molecular weight is 631 g/mol. The minimum absolute atomic E-state index is 0.00203. The Morgan fingerprint density at radius 1 is 1.02 bits per heavy atom. The second-order valence-electron chi connectivity index (χ2n) is 13.8. The van der Waals surface area contributed by atoms with Crippen molar-refractivity contribution in [2.75, 3.05) is 32.5 Å². The van der Waals surface area contributed by atoms with Gasteiger partial charge in [-0.25, -0.2) is 0 Å². The van der Waals surface area contributed by atoms with Crippen LogP contribution in [0.25, 0.3) is 0 Å². The number of piperidine rings is 1. The van der Waals surface area contributed by atoms with Crippen LogP contribution in [-0.2, 0) is 25.7 Å². The van der Waals surface area contributed by atoms with Gasteiger partial charge in [0.15, 0.2) is 34.7 Å². The molecule has 11 heteroatoms. The molecule has 3 fully saturated rings. The molecule has 11 nitrogen and oxygen atoms in total. The van der Waals surface area contributed by atoms with E-state index in [1.807, 2.05) is 25.1 Å². The molecule has 1 amide bonds. The molecule has 46 heavy (non-hydrogen) atoms. The van der Waals surface area contributed by atoms with Crippen molar-refractivity contribution in [1.29, 1.82) is 0 Å². The Hall–Kier alpha value is -3.93. The number of aromatic hydroxyl groups is 1. The summed E-state index contributed by atoms with van der Waals surface area (Å²) < 4.78 is 0. The average Bonchev–Trinajstić information content (AvgIpc) is 3.01. The first-order chi connectivity index (χ1) is 21.8. The SMILES string of the molecule is C[C@H]1[C@H]2C(C(=O)c3c(ccc(NC4CCN(Cc5ccccc5)CC4)c3O)[C@@H]2C)C(=O)[C@]2(O)C(=O)C(C(N)=O)C(=O)[C@@H](N(C)C)[C@H]12. The van der Waals surface area contributed by atoms with E-state index in [0.29, 0.717) is 11.3 Å². The number of nitrogens with zero attached hydrogens (tertiary/aromatic N) is 2. The lowest BCUT2D eigenvalue weighted by molar-refractivity contribution is -0.188. The molecule has 5 N–H and O–H groups in total. The zero-order valence-corrected chi connectivity index (χ0v) is 26.6. The minimum atomic E-state index is -2.77. The Bertz CT molecular complexity index is 1600. The first-order valence-corrected chi connectivity index (χ1v) is 16.0. The lowest BCUT2D eigenvalue weighted by Gasteiger charge is -2.57. The summed E-state index contributed by atoms with van der Waals surface area (Å²) in [7, 11) is 3.15. The number of carbonyl (C=O) groups is 5. The number of amides is 1. The summed E-state index contributed by atoms with van der Waals surface area (Å²) >= 11 is 0. The number of fused-ring (bicyclic) bond motifs is 3. The van der Waals surface area contributed by atoms with E-state index < -0.39 is 76.2 Å². The highest BCUT2D eigenvalue weighted by Gasteiger charge is 2.72. The minimum Gasteiger partial charge on any atom is -0.505 e. The van der Waals surface area contributed by atoms with Gasteiger partial charge in [-0.05, 0) is 61.9 Å². The summed E-state index contributed by atoms with van der Waals surface area (Å²) in [6.07, 6.45) is 1.66. The molecule has 8 atom stereocenters. The van der Waals surface area contributed by atoms with Gasteiger partial charge in [-0.15, -0.1) is 0 Å². The number of carbonyl (C=O) groups excluding carboxylic acids is 5. The molecule has 0 bridgehead atoms. The van der Waals surface area contributed by atoms with Gasteiger partial charge in [0.2, 0.25) is 5.91 Å². The van der Waals surface area contributed by atoms with Crippen molar-refractivity contribution in [3.63, 3.8) is 0 Å². The molecule has 2 unspecified atom stereocenters. The predicted octanol–water partition coefficient (Wildman–Crippen LogP) is 1.75. The van der Waals surface area contributed by atoms with E-state index in [0.717, 1.165) is 32.5 Å². The van der Waals surface area contributed by atoms with Gasteiger partial charge in [0.25, 0.3) is 0 Å². The molecule has 0 aromatic heterocycles. The highest BCUT2D eigenvalue weighted by atomic mass is 16.3. The van der Waals surface area contributed by atoms with E-state index in [1.54, 1.807) is 33.2 Å². The molecule has 6 rings (SSSR count). The highest BCUT2D eigenvalue weighted by Crippen LogP contribution is 2.57. The number of ketones is 4. The number of primary amides is 1. The monoisotopic (exact) mass is 630 g/mol. The zero-order valence-electron chi connectivity index (χ0n) is 26.6. The van der Waals surface area contributed by atoms with Gasteiger partial charge in [-0.3, -0.25) is 33.8 Å². The summed E-state index contributed by atoms with van der Waals surface area (Å²) in [4.78, 5) is 71.8. The topological polar surface area (TPSA) is 170 Å². The lowest BCUT2D eigenvalue weighted by Crippen LogP contribution is -2.76. The third-order valence-electron chi connectivity index (χ3n) is 11.1. The fourth-order valence-electron chi connectivity index (χ4n) is 8.90. The Balaban J connectivity index is 1.29. The molecule has 2 aromatic carbocycles. The predicted molar refractivity (Wildman–Crippen MR) is 169 cm³/mol. The Kier molecular flexibility index (Phi) is 8.15. The number of hydrogen-bond acceptors (Lipinski definition) is 10. The third-order valence-corrected chi connectivity index (χ3v) is 11.1. The number of likely N-dealkylation sites (tertiary alicyclic amines) is 1. The summed E-state index contributed by atoms with van der Waals surface area (Å²) in [5.41, 5.74) is 4.87. The Labute approximate surface area is 268 Å². The van der Waals surface area contributed by atoms with E-state index >= 15 is 0 Å². The van der Waals surface area contributed by atoms with Crippen LogP contribution in [0.1, 0.15) is 54.1 Å². The number of phenols is 1. The van der Waals surface area contributed by atoms with Crippen molar-refractivity contribution in [2.24, 2.45) is 35.3 Å². The standard InChI is InChI=1S/C35H42N4O7/c1-17-21-10-11-22(37-20-12-14-39(15-13-20)16-19-8-6-5-7-9-19)29(40)24(21)30(41)25-23(17)18(2)27-28(38(3)4)31(42)26(34(36)45)33(44)35(27,46)32(25)43/h5-11,17-18,20,23,25-28,37,40,46H,12-16H2,1-4H3,(H2,36,45)/t17-,18-,23-,25?,26?,27-,28-,35-/m0/s1. The van der Waals surface area contributed by atoms with Gasteiger partial charge >= 0.3 is 0 Å². The van der Waals surface area contributed by atoms with Crippen LogP contribution in [0.3, 0.4) is 0 Å². The van der Waals surface area contributed by atoms with Gasteiger partial charge < -0.3 is 21.3 Å². The number of likely N-dealkylation sites (N-methyl/N-ethyl adjacent to an activating group) is 1. The van der Waals surface area contributed by atoms with Gasteiger partial charge in [0, 0.05) is 31.6 Å². The van der Waals surface area contributed by atoms with Crippen LogP contribution in [0.15, 0.2) is 42.5 Å². The summed E-state index contributed by atoms with van der Waals surface area (Å²) in [5.74, 6) is -11.6. The number of Topliss-reactive ketones (excluding diaryl/α,β-unsaturated/α-hetero) is 4. The smallest absolute Gasteiger partial charge is 0.235 e. The number of phenolic OH excluding ortho intramolecular Hbond substituents is 1. The van der Waals surface area contributed by atoms with Crippen molar-refractivity contribution in [1.82, 2.24) is 9.80 Å². The van der Waals surface area contributed by atoms with E-state index in [9.17, 15) is 34.2 Å². The van der Waals surface area contributed by atoms with Crippen molar-refractivity contribution < 1.29 is 34.2 Å². The molecular weight excluding hydrogens is 588 g/mol. The van der Waals surface area contributed by atoms with E-state index in [-0.39, 0.29) is 17.4 Å². The quantitative estimate of drug-likeness (QED) is 0.272. The number of aliphatic hydroxyl groups is 1. The first-order valence-electron chi connectivity index (χ1n) is 16.0. The van der Waals surface area contributed by atoms with E-state index in [1.165, 1.54) is 10.5 Å². The normalized spacial score (nSPS) is 33.4. The van der Waals surface area contributed by atoms with Crippen molar-refractivity contribution in [2.45, 2.75) is 56.8 Å². The van der Waals surface area contributed by atoms with Crippen LogP contribution in [0.4, 0.5) is 5.69 Å². The number of hydrogen-bond donors (Lipinski definition) is 4. The highest BCUT2D eigenvalue weighted by molar-refractivity contribution is 6.32. The van der Waals surface area contributed by atoms with Gasteiger partial charge in [0.1, 0.15) is 5.75 Å². The van der Waals surface area contributed by atoms with E-state index in [2.05, 4.69) is 22.3 Å². The van der Waals surface area contributed by atoms with Crippen LogP contribution in [0.5, 0.6) is 5.75 Å². The fourth-order valence-corrected chi connectivity index (χ4v) is 8.90. The van der Waals surface area contributed by atoms with Gasteiger partial charge in [0.05, 0.1) is 23.2 Å². The molecule has 0 radical (unpaired) electrons. The molecule has 4 aliphatic rings. The maximum atomic E-state index is 14.3. The molecule has 1 heterocycles. The van der Waals surface area contributed by atoms with Crippen molar-refractivity contribution >= 4 is 34.7 Å². The molecular formula is C35H42N4O7. The van der Waals surface area contributed by atoms with Gasteiger partial charge in [-0.1, -0.05) is 50.2 Å². The second-order valence-corrected chi connectivity index (χ2v) is 13.8. The number of rotatable bonds is 6. The van der Waals surface area contributed by atoms with Crippen LogP contribution < -0.4 is 11.1 Å². The third kappa shape index (κ3) is 4.78. The fraction of sp³-hybridized carbons (Fsp3) is 0.514. The largest absolute Gasteiger partial charge is 0.505 e. The Morgan fingerprint density at radius 3 is 2.28 bits per heavy atom. The molecule has 2 saturated carbocycles. The number of benzene rings is 2. The number of nitrogens with one attached hydrogen (secondary N) is 1. The first kappa shape index (κ1) is 32.0. The van der Waals surface area contributed by atoms with Crippen LogP contribution in [0.2, 0.25) is 0 Å². The molecule has 3 aliphatic carbocycles. The van der Waals surface area contributed by atoms with E-state index in [4.69, 9.17) is 5.73 Å². The maximum Gasteiger partial charge on any atom is 0.235 e. The number of anilines is 1. The molecule has 2 aromatic rings. The van der Waals surface area contributed by atoms with Crippen molar-refractivity contribution in [3.8, 4) is 5.75 Å².